The van der Waals surface area contributed by atoms with Crippen molar-refractivity contribution in [2.75, 3.05) is 7.11 Å². The van der Waals surface area contributed by atoms with Crippen LogP contribution in [0.3, 0.4) is 0 Å². The molecule has 1 N–H and O–H groups in total. The van der Waals surface area contributed by atoms with E-state index in [1.807, 2.05) is 31.2 Å². The van der Waals surface area contributed by atoms with Crippen LogP contribution in [0.5, 0.6) is 5.75 Å². The van der Waals surface area contributed by atoms with Crippen molar-refractivity contribution < 1.29 is 9.53 Å². The highest BCUT2D eigenvalue weighted by Gasteiger charge is 2.11. The first kappa shape index (κ1) is 13.1. The number of pyridine rings is 1. The Morgan fingerprint density at radius 3 is 2.37 bits per heavy atom. The van der Waals surface area contributed by atoms with E-state index in [1.54, 1.807) is 31.6 Å². The average molecular weight is 256 g/mol. The normalized spacial score (nSPS) is 11.7. The molecule has 0 spiro atoms. The molecule has 1 aromatic carbocycles. The van der Waals surface area contributed by atoms with Crippen LogP contribution < -0.4 is 10.1 Å². The summed E-state index contributed by atoms with van der Waals surface area (Å²) in [7, 11) is 1.63. The molecule has 4 nitrogen and oxygen atoms in total. The number of nitrogens with zero attached hydrogens (tertiary/aromatic N) is 1. The molecule has 0 radical (unpaired) electrons. The molecule has 0 saturated heterocycles. The predicted octanol–water partition coefficient (Wildman–Crippen LogP) is 2.58. The molecule has 1 atom stereocenters. The Balaban J connectivity index is 2.04. The van der Waals surface area contributed by atoms with E-state index >= 15 is 0 Å². The Bertz CT molecular complexity index is 538. The van der Waals surface area contributed by atoms with Crippen LogP contribution >= 0.6 is 0 Å². The van der Waals surface area contributed by atoms with Crippen molar-refractivity contribution in [1.29, 1.82) is 0 Å². The van der Waals surface area contributed by atoms with Crippen molar-refractivity contribution in [3.63, 3.8) is 0 Å². The first-order valence-electron chi connectivity index (χ1n) is 6.05. The number of nitrogens with one attached hydrogen (secondary N) is 1. The summed E-state index contributed by atoms with van der Waals surface area (Å²) in [5.74, 6) is 0.696. The summed E-state index contributed by atoms with van der Waals surface area (Å²) in [6.45, 7) is 1.95. The highest BCUT2D eigenvalue weighted by atomic mass is 16.5. The Morgan fingerprint density at radius 1 is 1.16 bits per heavy atom. The van der Waals surface area contributed by atoms with Crippen LogP contribution in [0.1, 0.15) is 28.9 Å². The zero-order valence-corrected chi connectivity index (χ0v) is 11.0. The first-order chi connectivity index (χ1) is 9.20. The van der Waals surface area contributed by atoms with E-state index in [0.29, 0.717) is 5.56 Å². The van der Waals surface area contributed by atoms with Gasteiger partial charge < -0.3 is 10.1 Å². The molecule has 0 bridgehead atoms. The number of hydrogen-bond acceptors (Lipinski definition) is 3. The van der Waals surface area contributed by atoms with Gasteiger partial charge in [0.25, 0.3) is 5.91 Å². The van der Waals surface area contributed by atoms with E-state index in [4.69, 9.17) is 4.74 Å². The van der Waals surface area contributed by atoms with Gasteiger partial charge in [-0.3, -0.25) is 9.78 Å². The number of benzene rings is 1. The zero-order chi connectivity index (χ0) is 13.7. The number of methoxy groups -OCH3 is 1. The zero-order valence-electron chi connectivity index (χ0n) is 11.0. The minimum atomic E-state index is -0.106. The van der Waals surface area contributed by atoms with Crippen LogP contribution in [-0.2, 0) is 0 Å². The SMILES string of the molecule is COc1ccc([C@@H](C)NC(=O)c2ccncc2)cc1. The highest BCUT2D eigenvalue weighted by molar-refractivity contribution is 5.94. The van der Waals surface area contributed by atoms with E-state index in [2.05, 4.69) is 10.3 Å². The van der Waals surface area contributed by atoms with Gasteiger partial charge in [-0.1, -0.05) is 12.1 Å². The van der Waals surface area contributed by atoms with Crippen LogP contribution in [0, 0.1) is 0 Å². The number of ether oxygens (including phenoxy) is 1. The van der Waals surface area contributed by atoms with Crippen LogP contribution in [0.2, 0.25) is 0 Å². The van der Waals surface area contributed by atoms with Gasteiger partial charge in [0.15, 0.2) is 0 Å². The Labute approximate surface area is 112 Å². The molecule has 0 fully saturated rings. The maximum atomic E-state index is 12.0. The number of carbonyl (C=O) groups excluding carboxylic acids is 1. The van der Waals surface area contributed by atoms with E-state index in [1.165, 1.54) is 0 Å². The third-order valence-corrected chi connectivity index (χ3v) is 2.91. The summed E-state index contributed by atoms with van der Waals surface area (Å²) in [5.41, 5.74) is 1.64. The van der Waals surface area contributed by atoms with Gasteiger partial charge in [0.1, 0.15) is 5.75 Å². The highest BCUT2D eigenvalue weighted by Crippen LogP contribution is 2.17. The summed E-state index contributed by atoms with van der Waals surface area (Å²) in [5, 5.41) is 2.94. The standard InChI is InChI=1S/C15H16N2O2/c1-11(12-3-5-14(19-2)6-4-12)17-15(18)13-7-9-16-10-8-13/h3-11H,1-2H3,(H,17,18)/t11-/m1/s1. The van der Waals surface area contributed by atoms with Crippen molar-refractivity contribution >= 4 is 5.91 Å². The first-order valence-corrected chi connectivity index (χ1v) is 6.05. The molecule has 2 aromatic rings. The second-order valence-corrected chi connectivity index (χ2v) is 4.20. The second kappa shape index (κ2) is 6.00. The van der Waals surface area contributed by atoms with Gasteiger partial charge in [0, 0.05) is 18.0 Å². The van der Waals surface area contributed by atoms with Gasteiger partial charge in [-0.2, -0.15) is 0 Å². The monoisotopic (exact) mass is 256 g/mol. The predicted molar refractivity (Wildman–Crippen MR) is 73.1 cm³/mol. The van der Waals surface area contributed by atoms with Crippen LogP contribution in [-0.4, -0.2) is 18.0 Å². The van der Waals surface area contributed by atoms with Gasteiger partial charge in [0.2, 0.25) is 0 Å². The second-order valence-electron chi connectivity index (χ2n) is 4.20. The van der Waals surface area contributed by atoms with E-state index in [-0.39, 0.29) is 11.9 Å². The van der Waals surface area contributed by atoms with Crippen LogP contribution in [0.4, 0.5) is 0 Å². The molecule has 1 aromatic heterocycles. The van der Waals surface area contributed by atoms with Crippen molar-refractivity contribution in [2.45, 2.75) is 13.0 Å². The number of rotatable bonds is 4. The molecule has 0 aliphatic rings. The van der Waals surface area contributed by atoms with Crippen LogP contribution in [0.15, 0.2) is 48.8 Å². The third kappa shape index (κ3) is 3.31. The van der Waals surface area contributed by atoms with Crippen molar-refractivity contribution in [2.24, 2.45) is 0 Å². The smallest absolute Gasteiger partial charge is 0.251 e. The fraction of sp³-hybridized carbons (Fsp3) is 0.200. The molecular formula is C15H16N2O2. The summed E-state index contributed by atoms with van der Waals surface area (Å²) < 4.78 is 5.11. The topological polar surface area (TPSA) is 51.2 Å². The van der Waals surface area contributed by atoms with Crippen molar-refractivity contribution in [3.05, 3.63) is 59.9 Å². The van der Waals surface area contributed by atoms with Gasteiger partial charge in [-0.15, -0.1) is 0 Å². The Hall–Kier alpha value is -2.36. The fourth-order valence-electron chi connectivity index (χ4n) is 1.76. The van der Waals surface area contributed by atoms with Gasteiger partial charge in [0.05, 0.1) is 13.2 Å². The maximum absolute atomic E-state index is 12.0. The van der Waals surface area contributed by atoms with E-state index < -0.39 is 0 Å². The van der Waals surface area contributed by atoms with Crippen molar-refractivity contribution in [3.8, 4) is 5.75 Å². The fourth-order valence-corrected chi connectivity index (χ4v) is 1.76. The average Bonchev–Trinajstić information content (AvgIpc) is 2.48. The summed E-state index contributed by atoms with van der Waals surface area (Å²) >= 11 is 0. The van der Waals surface area contributed by atoms with Crippen LogP contribution in [0.25, 0.3) is 0 Å². The number of amides is 1. The molecule has 2 rings (SSSR count). The summed E-state index contributed by atoms with van der Waals surface area (Å²) in [4.78, 5) is 15.9. The quantitative estimate of drug-likeness (QED) is 0.914. The lowest BCUT2D eigenvalue weighted by atomic mass is 10.1. The number of aromatic nitrogens is 1. The molecule has 98 valence electrons. The summed E-state index contributed by atoms with van der Waals surface area (Å²) in [6, 6.07) is 11.0. The minimum Gasteiger partial charge on any atom is -0.497 e. The molecule has 0 aliphatic carbocycles. The molecule has 1 amide bonds. The Kier molecular flexibility index (Phi) is 4.13. The number of hydrogen-bond donors (Lipinski definition) is 1. The molecular weight excluding hydrogens is 240 g/mol. The molecule has 0 aliphatic heterocycles. The lowest BCUT2D eigenvalue weighted by Gasteiger charge is -2.14. The van der Waals surface area contributed by atoms with Gasteiger partial charge in [-0.25, -0.2) is 0 Å². The largest absolute Gasteiger partial charge is 0.497 e. The lowest BCUT2D eigenvalue weighted by Crippen LogP contribution is -2.26. The van der Waals surface area contributed by atoms with Gasteiger partial charge >= 0.3 is 0 Å². The lowest BCUT2D eigenvalue weighted by molar-refractivity contribution is 0.0940. The third-order valence-electron chi connectivity index (χ3n) is 2.91. The number of carbonyl (C=O) groups is 1. The Morgan fingerprint density at radius 2 is 1.79 bits per heavy atom. The maximum Gasteiger partial charge on any atom is 0.251 e. The molecule has 19 heavy (non-hydrogen) atoms. The molecule has 0 unspecified atom stereocenters. The molecule has 1 heterocycles. The van der Waals surface area contributed by atoms with E-state index in [9.17, 15) is 4.79 Å². The van der Waals surface area contributed by atoms with Crippen molar-refractivity contribution in [1.82, 2.24) is 10.3 Å². The van der Waals surface area contributed by atoms with E-state index in [0.717, 1.165) is 11.3 Å². The van der Waals surface area contributed by atoms with Gasteiger partial charge in [-0.05, 0) is 36.8 Å². The minimum absolute atomic E-state index is 0.0634. The molecule has 0 saturated carbocycles. The molecule has 4 heteroatoms. The summed E-state index contributed by atoms with van der Waals surface area (Å²) in [6.07, 6.45) is 3.21.